The van der Waals surface area contributed by atoms with Gasteiger partial charge in [-0.15, -0.1) is 0 Å². The van der Waals surface area contributed by atoms with Crippen LogP contribution in [0, 0.1) is 24.2 Å². The Bertz CT molecular complexity index is 710. The highest BCUT2D eigenvalue weighted by atomic mass is 16.6. The minimum atomic E-state index is -0.514. The minimum absolute atomic E-state index is 0.179. The zero-order chi connectivity index (χ0) is 17.9. The summed E-state index contributed by atoms with van der Waals surface area (Å²) in [6.45, 7) is 9.06. The van der Waals surface area contributed by atoms with Gasteiger partial charge in [0.25, 0.3) is 5.56 Å². The standard InChI is InChI=1S/C18H25N3O3/c1-13-7-9-20(16(22)15(13)10-19)11-14-6-5-8-21(12-14)17(23)24-18(2,3)4/h7,9,14H,5-6,8,11-12H2,1-4H3/t14-/m1/s1. The van der Waals surface area contributed by atoms with Gasteiger partial charge in [-0.05, 0) is 58.1 Å². The summed E-state index contributed by atoms with van der Waals surface area (Å²) in [7, 11) is 0. The van der Waals surface area contributed by atoms with Crippen LogP contribution in [-0.4, -0.2) is 34.3 Å². The number of pyridine rings is 1. The number of carbonyl (C=O) groups is 1. The van der Waals surface area contributed by atoms with E-state index in [4.69, 9.17) is 10.00 Å². The highest BCUT2D eigenvalue weighted by molar-refractivity contribution is 5.68. The summed E-state index contributed by atoms with van der Waals surface area (Å²) in [5.74, 6) is 0.179. The number of piperidine rings is 1. The zero-order valence-corrected chi connectivity index (χ0v) is 14.8. The van der Waals surface area contributed by atoms with Crippen molar-refractivity contribution in [1.29, 1.82) is 5.26 Å². The molecule has 1 aliphatic heterocycles. The molecular weight excluding hydrogens is 306 g/mol. The normalized spacial score (nSPS) is 18.1. The van der Waals surface area contributed by atoms with E-state index in [1.807, 2.05) is 26.8 Å². The second-order valence-electron chi connectivity index (χ2n) is 7.38. The largest absolute Gasteiger partial charge is 0.444 e. The van der Waals surface area contributed by atoms with Crippen LogP contribution in [0.3, 0.4) is 0 Å². The quantitative estimate of drug-likeness (QED) is 0.835. The van der Waals surface area contributed by atoms with Crippen molar-refractivity contribution < 1.29 is 9.53 Å². The lowest BCUT2D eigenvalue weighted by Crippen LogP contribution is -2.44. The maximum absolute atomic E-state index is 12.3. The molecule has 2 heterocycles. The maximum atomic E-state index is 12.3. The molecule has 0 spiro atoms. The highest BCUT2D eigenvalue weighted by Gasteiger charge is 2.28. The van der Waals surface area contributed by atoms with Crippen LogP contribution in [-0.2, 0) is 11.3 Å². The van der Waals surface area contributed by atoms with Crippen LogP contribution in [0.4, 0.5) is 4.79 Å². The van der Waals surface area contributed by atoms with Gasteiger partial charge < -0.3 is 14.2 Å². The van der Waals surface area contributed by atoms with E-state index in [1.54, 1.807) is 28.7 Å². The molecule has 2 rings (SSSR count). The molecule has 0 radical (unpaired) electrons. The fourth-order valence-electron chi connectivity index (χ4n) is 2.93. The summed E-state index contributed by atoms with van der Waals surface area (Å²) >= 11 is 0. The van der Waals surface area contributed by atoms with Gasteiger partial charge in [-0.3, -0.25) is 4.79 Å². The first-order valence-corrected chi connectivity index (χ1v) is 8.29. The van der Waals surface area contributed by atoms with Crippen molar-refractivity contribution >= 4 is 6.09 Å². The number of carbonyl (C=O) groups excluding carboxylic acids is 1. The van der Waals surface area contributed by atoms with Crippen LogP contribution >= 0.6 is 0 Å². The Balaban J connectivity index is 2.08. The minimum Gasteiger partial charge on any atom is -0.444 e. The summed E-state index contributed by atoms with van der Waals surface area (Å²) in [6, 6.07) is 3.76. The SMILES string of the molecule is Cc1ccn(C[C@H]2CCCN(C(=O)OC(C)(C)C)C2)c(=O)c1C#N. The van der Waals surface area contributed by atoms with Gasteiger partial charge in [0.15, 0.2) is 0 Å². The Kier molecular flexibility index (Phi) is 5.33. The second kappa shape index (κ2) is 7.08. The second-order valence-corrected chi connectivity index (χ2v) is 7.38. The predicted octanol–water partition coefficient (Wildman–Crippen LogP) is 2.68. The van der Waals surface area contributed by atoms with E-state index in [9.17, 15) is 9.59 Å². The third-order valence-corrected chi connectivity index (χ3v) is 4.11. The topological polar surface area (TPSA) is 75.3 Å². The van der Waals surface area contributed by atoms with Crippen molar-refractivity contribution in [3.05, 3.63) is 33.7 Å². The van der Waals surface area contributed by atoms with E-state index in [0.717, 1.165) is 12.8 Å². The number of ether oxygens (including phenoxy) is 1. The smallest absolute Gasteiger partial charge is 0.410 e. The number of aryl methyl sites for hydroxylation is 1. The van der Waals surface area contributed by atoms with Crippen LogP contribution in [0.25, 0.3) is 0 Å². The molecule has 130 valence electrons. The monoisotopic (exact) mass is 331 g/mol. The third-order valence-electron chi connectivity index (χ3n) is 4.11. The molecular formula is C18H25N3O3. The Morgan fingerprint density at radius 2 is 2.17 bits per heavy atom. The van der Waals surface area contributed by atoms with Crippen LogP contribution < -0.4 is 5.56 Å². The lowest BCUT2D eigenvalue weighted by molar-refractivity contribution is 0.0156. The number of rotatable bonds is 2. The number of hydrogen-bond acceptors (Lipinski definition) is 4. The number of amides is 1. The molecule has 0 unspecified atom stereocenters. The van der Waals surface area contributed by atoms with E-state index in [1.165, 1.54) is 0 Å². The number of likely N-dealkylation sites (tertiary alicyclic amines) is 1. The van der Waals surface area contributed by atoms with Crippen molar-refractivity contribution in [3.63, 3.8) is 0 Å². The zero-order valence-electron chi connectivity index (χ0n) is 14.8. The van der Waals surface area contributed by atoms with Crippen LogP contribution in [0.2, 0.25) is 0 Å². The molecule has 0 saturated carbocycles. The van der Waals surface area contributed by atoms with Gasteiger partial charge in [-0.25, -0.2) is 4.79 Å². The molecule has 1 aromatic rings. The molecule has 1 amide bonds. The molecule has 1 saturated heterocycles. The summed E-state index contributed by atoms with van der Waals surface area (Å²) in [5, 5.41) is 9.12. The molecule has 6 heteroatoms. The molecule has 0 N–H and O–H groups in total. The lowest BCUT2D eigenvalue weighted by Gasteiger charge is -2.34. The molecule has 6 nitrogen and oxygen atoms in total. The van der Waals surface area contributed by atoms with Crippen LogP contribution in [0.5, 0.6) is 0 Å². The Morgan fingerprint density at radius 1 is 1.46 bits per heavy atom. The van der Waals surface area contributed by atoms with Gasteiger partial charge in [-0.1, -0.05) is 0 Å². The summed E-state index contributed by atoms with van der Waals surface area (Å²) in [6.07, 6.45) is 3.25. The van der Waals surface area contributed by atoms with E-state index < -0.39 is 5.60 Å². The number of nitriles is 1. The Morgan fingerprint density at radius 3 is 2.79 bits per heavy atom. The molecule has 0 aliphatic carbocycles. The average molecular weight is 331 g/mol. The van der Waals surface area contributed by atoms with E-state index in [-0.39, 0.29) is 23.1 Å². The van der Waals surface area contributed by atoms with Crippen molar-refractivity contribution in [2.45, 2.75) is 52.7 Å². The highest BCUT2D eigenvalue weighted by Crippen LogP contribution is 2.20. The van der Waals surface area contributed by atoms with Gasteiger partial charge in [0.05, 0.1) is 0 Å². The van der Waals surface area contributed by atoms with E-state index in [2.05, 4.69) is 0 Å². The summed E-state index contributed by atoms with van der Waals surface area (Å²) in [4.78, 5) is 26.3. The van der Waals surface area contributed by atoms with Gasteiger partial charge in [-0.2, -0.15) is 5.26 Å². The van der Waals surface area contributed by atoms with E-state index >= 15 is 0 Å². The lowest BCUT2D eigenvalue weighted by atomic mass is 9.98. The Labute approximate surface area is 142 Å². The van der Waals surface area contributed by atoms with Gasteiger partial charge in [0, 0.05) is 25.8 Å². The van der Waals surface area contributed by atoms with Gasteiger partial charge in [0.2, 0.25) is 0 Å². The molecule has 0 aromatic carbocycles. The molecule has 0 bridgehead atoms. The van der Waals surface area contributed by atoms with Gasteiger partial charge in [0.1, 0.15) is 17.2 Å². The maximum Gasteiger partial charge on any atom is 0.410 e. The van der Waals surface area contributed by atoms with Crippen molar-refractivity contribution in [3.8, 4) is 6.07 Å². The Hall–Kier alpha value is -2.29. The summed E-state index contributed by atoms with van der Waals surface area (Å²) in [5.41, 5.74) is 0.113. The van der Waals surface area contributed by atoms with E-state index in [0.29, 0.717) is 25.2 Å². The molecule has 24 heavy (non-hydrogen) atoms. The molecule has 1 aromatic heterocycles. The van der Waals surface area contributed by atoms with Crippen molar-refractivity contribution in [2.75, 3.05) is 13.1 Å². The fourth-order valence-corrected chi connectivity index (χ4v) is 2.93. The van der Waals surface area contributed by atoms with Gasteiger partial charge >= 0.3 is 6.09 Å². The van der Waals surface area contributed by atoms with Crippen molar-refractivity contribution in [2.24, 2.45) is 5.92 Å². The first-order chi connectivity index (χ1) is 11.2. The predicted molar refractivity (Wildman–Crippen MR) is 90.7 cm³/mol. The third kappa shape index (κ3) is 4.38. The van der Waals surface area contributed by atoms with Crippen LogP contribution in [0.1, 0.15) is 44.7 Å². The van der Waals surface area contributed by atoms with Crippen LogP contribution in [0.15, 0.2) is 17.1 Å². The summed E-state index contributed by atoms with van der Waals surface area (Å²) < 4.78 is 7.01. The molecule has 1 fully saturated rings. The first kappa shape index (κ1) is 18.1. The fraction of sp³-hybridized carbons (Fsp3) is 0.611. The number of aromatic nitrogens is 1. The number of nitrogens with zero attached hydrogens (tertiary/aromatic N) is 3. The average Bonchev–Trinajstić information content (AvgIpc) is 2.49. The van der Waals surface area contributed by atoms with Crippen molar-refractivity contribution in [1.82, 2.24) is 9.47 Å². The molecule has 1 aliphatic rings. The number of hydrogen-bond donors (Lipinski definition) is 0. The first-order valence-electron chi connectivity index (χ1n) is 8.29. The molecule has 1 atom stereocenters.